The average Bonchev–Trinajstić information content (AvgIpc) is 3.24. The molecule has 4 atom stereocenters. The highest BCUT2D eigenvalue weighted by atomic mass is 16.2. The van der Waals surface area contributed by atoms with E-state index in [-0.39, 0.29) is 29.2 Å². The smallest absolute Gasteiger partial charge is 0.270 e. The number of carbonyl (C=O) groups is 2. The van der Waals surface area contributed by atoms with Crippen LogP contribution in [0, 0.1) is 12.8 Å². The third-order valence-corrected chi connectivity index (χ3v) is 7.13. The second kappa shape index (κ2) is 8.93. The van der Waals surface area contributed by atoms with E-state index in [1.54, 1.807) is 11.7 Å². The lowest BCUT2D eigenvalue weighted by atomic mass is 9.81. The van der Waals surface area contributed by atoms with Gasteiger partial charge in [0.25, 0.3) is 5.91 Å². The predicted octanol–water partition coefficient (Wildman–Crippen LogP) is 2.76. The van der Waals surface area contributed by atoms with Crippen molar-refractivity contribution in [2.75, 3.05) is 13.6 Å². The molecule has 1 aromatic heterocycles. The topological polar surface area (TPSA) is 70.5 Å². The van der Waals surface area contributed by atoms with E-state index in [0.717, 1.165) is 25.0 Å². The molecule has 0 spiro atoms. The summed E-state index contributed by atoms with van der Waals surface area (Å²) in [5.41, 5.74) is 1.22. The van der Waals surface area contributed by atoms with Crippen LogP contribution >= 0.6 is 0 Å². The lowest BCUT2D eigenvalue weighted by Crippen LogP contribution is -2.51. The van der Waals surface area contributed by atoms with Crippen molar-refractivity contribution in [3.63, 3.8) is 0 Å². The summed E-state index contributed by atoms with van der Waals surface area (Å²) in [6, 6.07) is 2.55. The largest absolute Gasteiger partial charge is 0.339 e. The molecule has 7 heteroatoms. The zero-order valence-electron chi connectivity index (χ0n) is 20.3. The Bertz CT molecular complexity index is 809. The molecular formula is C24H40N5O2. The van der Waals surface area contributed by atoms with Gasteiger partial charge in [-0.15, -0.1) is 0 Å². The second-order valence-electron chi connectivity index (χ2n) is 10.7. The molecule has 1 aliphatic carbocycles. The van der Waals surface area contributed by atoms with Crippen LogP contribution in [0.5, 0.6) is 0 Å². The Morgan fingerprint density at radius 1 is 1.29 bits per heavy atom. The molecule has 3 rings (SSSR count). The fraction of sp³-hybridized carbons (Fsp3) is 0.750. The summed E-state index contributed by atoms with van der Waals surface area (Å²) in [4.78, 5) is 30.4. The van der Waals surface area contributed by atoms with Crippen molar-refractivity contribution in [2.45, 2.75) is 89.9 Å². The Morgan fingerprint density at radius 3 is 2.52 bits per heavy atom. The lowest BCUT2D eigenvalue weighted by molar-refractivity contribution is -0.132. The fourth-order valence-electron chi connectivity index (χ4n) is 4.87. The quantitative estimate of drug-likeness (QED) is 0.780. The number of carbonyl (C=O) groups excluding carboxylic acids is 2. The molecule has 1 aliphatic heterocycles. The van der Waals surface area contributed by atoms with Gasteiger partial charge in [-0.3, -0.25) is 14.3 Å². The zero-order chi connectivity index (χ0) is 23.1. The third-order valence-electron chi connectivity index (χ3n) is 7.13. The second-order valence-corrected chi connectivity index (χ2v) is 10.7. The van der Waals surface area contributed by atoms with Crippen LogP contribution in [0.4, 0.5) is 0 Å². The van der Waals surface area contributed by atoms with Crippen molar-refractivity contribution < 1.29 is 9.59 Å². The molecule has 173 valence electrons. The molecule has 2 unspecified atom stereocenters. The van der Waals surface area contributed by atoms with Crippen molar-refractivity contribution in [1.82, 2.24) is 24.9 Å². The molecule has 2 fully saturated rings. The highest BCUT2D eigenvalue weighted by Gasteiger charge is 2.41. The predicted molar refractivity (Wildman–Crippen MR) is 123 cm³/mol. The van der Waals surface area contributed by atoms with Crippen LogP contribution in [-0.4, -0.2) is 69.2 Å². The van der Waals surface area contributed by atoms with Crippen LogP contribution in [-0.2, 0) is 17.3 Å². The molecule has 1 saturated heterocycles. The van der Waals surface area contributed by atoms with E-state index < -0.39 is 6.04 Å². The molecule has 1 N–H and O–H groups in total. The summed E-state index contributed by atoms with van der Waals surface area (Å²) in [5, 5.41) is 7.43. The number of likely N-dealkylation sites (tertiary alicyclic amines) is 1. The van der Waals surface area contributed by atoms with Crippen LogP contribution in [0.15, 0.2) is 6.07 Å². The summed E-state index contributed by atoms with van der Waals surface area (Å²) >= 11 is 0. The van der Waals surface area contributed by atoms with Crippen molar-refractivity contribution >= 4 is 11.8 Å². The molecule has 1 aromatic rings. The Balaban J connectivity index is 1.62. The van der Waals surface area contributed by atoms with E-state index in [1.165, 1.54) is 0 Å². The van der Waals surface area contributed by atoms with Gasteiger partial charge in [0.2, 0.25) is 5.91 Å². The summed E-state index contributed by atoms with van der Waals surface area (Å²) in [6.45, 7) is 15.7. The minimum Gasteiger partial charge on any atom is -0.339 e. The first-order valence-electron chi connectivity index (χ1n) is 11.6. The minimum absolute atomic E-state index is 0.0286. The van der Waals surface area contributed by atoms with Crippen molar-refractivity contribution in [3.05, 3.63) is 24.4 Å². The molecule has 2 amide bonds. The Hall–Kier alpha value is -1.89. The van der Waals surface area contributed by atoms with Crippen LogP contribution in [0.3, 0.4) is 0 Å². The zero-order valence-corrected chi connectivity index (χ0v) is 20.3. The highest BCUT2D eigenvalue weighted by molar-refractivity contribution is 5.97. The van der Waals surface area contributed by atoms with Crippen LogP contribution < -0.4 is 5.32 Å². The number of aryl methyl sites for hydroxylation is 1. The van der Waals surface area contributed by atoms with Gasteiger partial charge in [0.05, 0.1) is 5.69 Å². The van der Waals surface area contributed by atoms with Crippen LogP contribution in [0.25, 0.3) is 0 Å². The molecule has 0 bridgehead atoms. The van der Waals surface area contributed by atoms with E-state index in [2.05, 4.69) is 63.9 Å². The first kappa shape index (κ1) is 23.8. The Labute approximate surface area is 187 Å². The van der Waals surface area contributed by atoms with Gasteiger partial charge in [0.15, 0.2) is 0 Å². The summed E-state index contributed by atoms with van der Waals surface area (Å²) in [7, 11) is 3.95. The van der Waals surface area contributed by atoms with E-state index in [1.807, 2.05) is 11.0 Å². The SMILES string of the molecule is [CH2][C@@H]1CC(N(C)C(C)C)CC[C@@H]1N1CCC(NC(=O)c2cc(C(C)(C)C)nn2C)C1=O. The number of aromatic nitrogens is 2. The van der Waals surface area contributed by atoms with E-state index >= 15 is 0 Å². The molecule has 1 saturated carbocycles. The maximum Gasteiger partial charge on any atom is 0.270 e. The van der Waals surface area contributed by atoms with Gasteiger partial charge in [0.1, 0.15) is 11.7 Å². The van der Waals surface area contributed by atoms with Crippen LogP contribution in [0.1, 0.15) is 76.5 Å². The third kappa shape index (κ3) is 4.97. The van der Waals surface area contributed by atoms with Gasteiger partial charge < -0.3 is 15.1 Å². The van der Waals surface area contributed by atoms with Crippen molar-refractivity contribution in [3.8, 4) is 0 Å². The number of rotatable bonds is 5. The Kier molecular flexibility index (Phi) is 6.84. The van der Waals surface area contributed by atoms with Gasteiger partial charge >= 0.3 is 0 Å². The van der Waals surface area contributed by atoms with Gasteiger partial charge in [0, 0.05) is 37.1 Å². The number of hydrogen-bond acceptors (Lipinski definition) is 4. The molecular weight excluding hydrogens is 390 g/mol. The monoisotopic (exact) mass is 430 g/mol. The fourth-order valence-corrected chi connectivity index (χ4v) is 4.87. The number of hydrogen-bond donors (Lipinski definition) is 1. The van der Waals surface area contributed by atoms with Gasteiger partial charge in [-0.25, -0.2) is 0 Å². The maximum absolute atomic E-state index is 13.1. The average molecular weight is 431 g/mol. The van der Waals surface area contributed by atoms with E-state index in [0.29, 0.717) is 30.7 Å². The molecule has 7 nitrogen and oxygen atoms in total. The minimum atomic E-state index is -0.469. The molecule has 2 heterocycles. The number of nitrogens with one attached hydrogen (secondary N) is 1. The van der Waals surface area contributed by atoms with Gasteiger partial charge in [-0.2, -0.15) is 5.10 Å². The van der Waals surface area contributed by atoms with Gasteiger partial charge in [-0.1, -0.05) is 20.8 Å². The summed E-state index contributed by atoms with van der Waals surface area (Å²) in [5.74, 6) is 0.00443. The lowest BCUT2D eigenvalue weighted by Gasteiger charge is -2.43. The standard InChI is InChI=1S/C24H40N5O2/c1-15(2)27(7)17-9-10-19(16(3)13-17)29-12-11-18(23(29)31)25-22(30)20-14-21(24(4,5)6)26-28(20)8/h14-19H,3,9-13H2,1-2,4-8H3,(H,25,30)/t16-,17?,18?,19+/m1/s1. The first-order valence-corrected chi connectivity index (χ1v) is 11.6. The maximum atomic E-state index is 13.1. The number of nitrogens with zero attached hydrogens (tertiary/aromatic N) is 4. The normalized spacial score (nSPS) is 27.4. The van der Waals surface area contributed by atoms with Crippen molar-refractivity contribution in [2.24, 2.45) is 13.0 Å². The van der Waals surface area contributed by atoms with E-state index in [9.17, 15) is 9.59 Å². The van der Waals surface area contributed by atoms with Crippen molar-refractivity contribution in [1.29, 1.82) is 0 Å². The number of amides is 2. The van der Waals surface area contributed by atoms with E-state index in [4.69, 9.17) is 0 Å². The van der Waals surface area contributed by atoms with Gasteiger partial charge in [-0.05, 0) is 65.5 Å². The Morgan fingerprint density at radius 2 is 1.97 bits per heavy atom. The highest BCUT2D eigenvalue weighted by Crippen LogP contribution is 2.33. The molecule has 31 heavy (non-hydrogen) atoms. The molecule has 2 aliphatic rings. The molecule has 0 aromatic carbocycles. The first-order chi connectivity index (χ1) is 14.4. The van der Waals surface area contributed by atoms with Crippen LogP contribution in [0.2, 0.25) is 0 Å². The molecule has 1 radical (unpaired) electrons. The summed E-state index contributed by atoms with van der Waals surface area (Å²) < 4.78 is 1.60. The summed E-state index contributed by atoms with van der Waals surface area (Å²) in [6.07, 6.45) is 3.70.